The monoisotopic (exact) mass is 371 g/mol. The van der Waals surface area contributed by atoms with Crippen molar-refractivity contribution >= 4 is 16.6 Å². The number of hydrogen-bond acceptors (Lipinski definition) is 7. The van der Waals surface area contributed by atoms with Crippen LogP contribution in [0.25, 0.3) is 11.1 Å². The third-order valence-corrected chi connectivity index (χ3v) is 7.09. The number of rotatable bonds is 3. The van der Waals surface area contributed by atoms with Crippen LogP contribution in [0.5, 0.6) is 0 Å². The fraction of sp³-hybridized carbons (Fsp3) is 0.333. The van der Waals surface area contributed by atoms with Gasteiger partial charge in [0.2, 0.25) is 0 Å². The smallest absolute Gasteiger partial charge is 0.179 e. The molecule has 26 heavy (non-hydrogen) atoms. The van der Waals surface area contributed by atoms with Gasteiger partial charge in [0.25, 0.3) is 0 Å². The molecule has 2 aliphatic heterocycles. The molecular weight excluding hydrogens is 350 g/mol. The van der Waals surface area contributed by atoms with Gasteiger partial charge in [-0.25, -0.2) is 0 Å². The van der Waals surface area contributed by atoms with Crippen LogP contribution in [0.4, 0.5) is 5.69 Å². The highest BCUT2D eigenvalue weighted by Crippen LogP contribution is 2.55. The van der Waals surface area contributed by atoms with Gasteiger partial charge in [-0.3, -0.25) is 18.4 Å². The van der Waals surface area contributed by atoms with Crippen LogP contribution in [0.1, 0.15) is 6.42 Å². The van der Waals surface area contributed by atoms with Gasteiger partial charge in [-0.1, -0.05) is 23.1 Å². The summed E-state index contributed by atoms with van der Waals surface area (Å²) < 4.78 is 25.3. The lowest BCUT2D eigenvalue weighted by molar-refractivity contribution is 0.310. The molecule has 0 spiro atoms. The fourth-order valence-electron chi connectivity index (χ4n) is 3.67. The number of nitriles is 1. The largest absolute Gasteiger partial charge is 0.309 e. The molecular formula is C18H21N5O2S. The van der Waals surface area contributed by atoms with Gasteiger partial charge in [0, 0.05) is 32.0 Å². The van der Waals surface area contributed by atoms with E-state index < -0.39 is 11.0 Å². The molecule has 0 bridgehead atoms. The minimum absolute atomic E-state index is 0.00645. The average Bonchev–Trinajstić information content (AvgIpc) is 3.26. The molecule has 1 aromatic heterocycles. The number of likely N-dealkylation sites (tertiary alicyclic amines) is 1. The summed E-state index contributed by atoms with van der Waals surface area (Å²) in [6.07, 6.45) is 6.41. The van der Waals surface area contributed by atoms with E-state index in [9.17, 15) is 9.11 Å². The van der Waals surface area contributed by atoms with Gasteiger partial charge < -0.3 is 4.90 Å². The quantitative estimate of drug-likeness (QED) is 0.802. The van der Waals surface area contributed by atoms with Crippen molar-refractivity contribution in [2.45, 2.75) is 12.5 Å². The van der Waals surface area contributed by atoms with Crippen molar-refractivity contribution in [3.8, 4) is 17.3 Å². The lowest BCUT2D eigenvalue weighted by atomic mass is 10.1. The van der Waals surface area contributed by atoms with Crippen molar-refractivity contribution in [3.05, 3.63) is 48.8 Å². The molecule has 136 valence electrons. The second-order valence-corrected chi connectivity index (χ2v) is 8.40. The molecule has 0 saturated carbocycles. The summed E-state index contributed by atoms with van der Waals surface area (Å²) >= 11 is 0. The van der Waals surface area contributed by atoms with Crippen LogP contribution in [0, 0.1) is 11.5 Å². The van der Waals surface area contributed by atoms with Crippen LogP contribution in [0.2, 0.25) is 0 Å². The summed E-state index contributed by atoms with van der Waals surface area (Å²) in [4.78, 5) is 5.71. The Balaban J connectivity index is 1.58. The van der Waals surface area contributed by atoms with Gasteiger partial charge in [0.05, 0.1) is 18.3 Å². The Kier molecular flexibility index (Phi) is 4.46. The molecule has 1 atom stereocenters. The van der Waals surface area contributed by atoms with E-state index in [1.807, 2.05) is 36.4 Å². The maximum atomic E-state index is 10.9. The first-order valence-corrected chi connectivity index (χ1v) is 10.0. The van der Waals surface area contributed by atoms with Gasteiger partial charge in [0.1, 0.15) is 0 Å². The first-order valence-electron chi connectivity index (χ1n) is 8.57. The summed E-state index contributed by atoms with van der Waals surface area (Å²) in [5, 5.41) is 9.05. The van der Waals surface area contributed by atoms with Crippen LogP contribution >= 0.6 is 11.0 Å². The molecule has 2 fully saturated rings. The maximum Gasteiger partial charge on any atom is 0.179 e. The average molecular weight is 371 g/mol. The highest BCUT2D eigenvalue weighted by atomic mass is 32.3. The van der Waals surface area contributed by atoms with E-state index in [4.69, 9.17) is 5.26 Å². The summed E-state index contributed by atoms with van der Waals surface area (Å²) in [5.41, 5.74) is 2.84. The maximum absolute atomic E-state index is 10.9. The Morgan fingerprint density at radius 1 is 1.08 bits per heavy atom. The first-order chi connectivity index (χ1) is 12.6. The molecule has 0 radical (unpaired) electrons. The van der Waals surface area contributed by atoms with Gasteiger partial charge in [0.15, 0.2) is 6.19 Å². The zero-order valence-corrected chi connectivity index (χ0v) is 15.1. The predicted molar refractivity (Wildman–Crippen MR) is 102 cm³/mol. The van der Waals surface area contributed by atoms with Crippen LogP contribution in [0.3, 0.4) is 0 Å². The fourth-order valence-corrected chi connectivity index (χ4v) is 5.54. The molecule has 1 aromatic carbocycles. The molecule has 0 aliphatic carbocycles. The van der Waals surface area contributed by atoms with Gasteiger partial charge >= 0.3 is 0 Å². The second kappa shape index (κ2) is 6.78. The van der Waals surface area contributed by atoms with Crippen molar-refractivity contribution in [3.63, 3.8) is 0 Å². The van der Waals surface area contributed by atoms with Crippen molar-refractivity contribution in [1.82, 2.24) is 14.2 Å². The molecule has 8 heteroatoms. The van der Waals surface area contributed by atoms with E-state index in [-0.39, 0.29) is 6.04 Å². The summed E-state index contributed by atoms with van der Waals surface area (Å²) in [7, 11) is -3.08. The Hall–Kier alpha value is -2.31. The number of anilines is 1. The second-order valence-electron chi connectivity index (χ2n) is 6.51. The highest BCUT2D eigenvalue weighted by Gasteiger charge is 2.43. The zero-order valence-electron chi connectivity index (χ0n) is 14.3. The number of nitrogens with zero attached hydrogens (tertiary/aromatic N) is 5. The molecule has 2 saturated heterocycles. The molecule has 7 nitrogen and oxygen atoms in total. The van der Waals surface area contributed by atoms with Gasteiger partial charge in [-0.15, -0.1) is 0 Å². The Morgan fingerprint density at radius 2 is 1.88 bits per heavy atom. The van der Waals surface area contributed by atoms with E-state index in [0.29, 0.717) is 26.2 Å². The third kappa shape index (κ3) is 2.99. The first kappa shape index (κ1) is 17.1. The van der Waals surface area contributed by atoms with E-state index >= 15 is 0 Å². The summed E-state index contributed by atoms with van der Waals surface area (Å²) in [6.45, 7) is 2.35. The Morgan fingerprint density at radius 3 is 2.62 bits per heavy atom. The lowest BCUT2D eigenvalue weighted by Crippen LogP contribution is -2.38. The zero-order chi connectivity index (χ0) is 18.1. The molecule has 4 rings (SSSR count). The normalized spacial score (nSPS) is 23.8. The summed E-state index contributed by atoms with van der Waals surface area (Å²) in [5.74, 6) is 0. The van der Waals surface area contributed by atoms with Crippen molar-refractivity contribution in [2.24, 2.45) is 0 Å². The third-order valence-electron chi connectivity index (χ3n) is 4.99. The molecule has 2 aliphatic rings. The molecule has 0 unspecified atom stereocenters. The van der Waals surface area contributed by atoms with Gasteiger partial charge in [-0.05, 0) is 41.8 Å². The molecule has 2 aromatic rings. The van der Waals surface area contributed by atoms with Crippen molar-refractivity contribution in [1.29, 1.82) is 5.26 Å². The Labute approximate surface area is 154 Å². The standard InChI is InChI=1S/C18H21N5O2S/c19-14-21-9-6-18(13-21)23-11-10-22(26(23,24)25)17-3-1-2-16(12-17)15-4-7-20-8-5-15/h1-5,7-8,12,18,24-25H,6,9-11,13H2/t18-/m1/s1. The molecule has 2 N–H and O–H groups in total. The number of hydrogen-bond donors (Lipinski definition) is 2. The number of aromatic nitrogens is 1. The van der Waals surface area contributed by atoms with E-state index in [1.165, 1.54) is 0 Å². The van der Waals surface area contributed by atoms with Gasteiger partial charge in [-0.2, -0.15) is 9.57 Å². The van der Waals surface area contributed by atoms with Crippen LogP contribution in [-0.4, -0.2) is 55.5 Å². The molecule has 0 amide bonds. The minimum Gasteiger partial charge on any atom is -0.309 e. The van der Waals surface area contributed by atoms with Crippen LogP contribution in [0.15, 0.2) is 48.8 Å². The van der Waals surface area contributed by atoms with E-state index in [1.54, 1.807) is 25.9 Å². The predicted octanol–water partition coefficient (Wildman–Crippen LogP) is 3.01. The topological polar surface area (TPSA) is 86.9 Å². The molecule has 3 heterocycles. The number of pyridine rings is 1. The van der Waals surface area contributed by atoms with Crippen LogP contribution in [-0.2, 0) is 0 Å². The SMILES string of the molecule is N#CN1CC[C@@H](N2CCN(c3cccc(-c4ccncc4)c3)S2(O)O)C1. The van der Waals surface area contributed by atoms with E-state index in [2.05, 4.69) is 11.2 Å². The lowest BCUT2D eigenvalue weighted by Gasteiger charge is -2.45. The highest BCUT2D eigenvalue weighted by molar-refractivity contribution is 8.23. The van der Waals surface area contributed by atoms with E-state index in [0.717, 1.165) is 23.2 Å². The van der Waals surface area contributed by atoms with Crippen LogP contribution < -0.4 is 4.31 Å². The van der Waals surface area contributed by atoms with Crippen molar-refractivity contribution in [2.75, 3.05) is 30.5 Å². The Bertz CT molecular complexity index is 826. The van der Waals surface area contributed by atoms with Crippen molar-refractivity contribution < 1.29 is 9.11 Å². The summed E-state index contributed by atoms with van der Waals surface area (Å²) in [6, 6.07) is 11.7. The minimum atomic E-state index is -3.08. The number of benzene rings is 1.